The van der Waals surface area contributed by atoms with E-state index in [0.717, 1.165) is 31.6 Å². The van der Waals surface area contributed by atoms with Gasteiger partial charge in [0.15, 0.2) is 6.10 Å². The van der Waals surface area contributed by atoms with Crippen molar-refractivity contribution in [1.29, 1.82) is 0 Å². The Labute approximate surface area is 374 Å². The van der Waals surface area contributed by atoms with E-state index in [9.17, 15) is 39.5 Å². The molecule has 62 heavy (non-hydrogen) atoms. The van der Waals surface area contributed by atoms with E-state index in [4.69, 9.17) is 19.1 Å². The second-order valence-corrected chi connectivity index (χ2v) is 17.9. The highest BCUT2D eigenvalue weighted by Crippen LogP contribution is 2.43. The van der Waals surface area contributed by atoms with Gasteiger partial charge in [-0.2, -0.15) is 0 Å². The molecule has 6 N–H and O–H groups in total. The van der Waals surface area contributed by atoms with Crippen molar-refractivity contribution in [2.24, 2.45) is 5.92 Å². The maximum atomic E-state index is 12.7. The Morgan fingerprint density at radius 1 is 0.597 bits per heavy atom. The van der Waals surface area contributed by atoms with Crippen LogP contribution in [0.4, 0.5) is 0 Å². The molecule has 0 saturated heterocycles. The second kappa shape index (κ2) is 41.3. The number of hydrogen-bond acceptors (Lipinski definition) is 12. The number of ether oxygens (including phenoxy) is 2. The van der Waals surface area contributed by atoms with Crippen molar-refractivity contribution in [2.45, 2.75) is 199 Å². The Morgan fingerprint density at radius 3 is 1.65 bits per heavy atom. The molecule has 0 rings (SSSR count). The smallest absolute Gasteiger partial charge is 0.462 e. The number of carbonyl (C=O) groups is 2. The number of rotatable bonds is 42. The predicted octanol–water partition coefficient (Wildman–Crippen LogP) is 9.44. The van der Waals surface area contributed by atoms with Crippen LogP contribution >= 0.6 is 7.82 Å². The van der Waals surface area contributed by atoms with Crippen LogP contribution in [0.2, 0.25) is 0 Å². The molecule has 360 valence electrons. The summed E-state index contributed by atoms with van der Waals surface area (Å²) in [6.45, 7) is 4.14. The Morgan fingerprint density at radius 2 is 1.10 bits per heavy atom. The van der Waals surface area contributed by atoms with Crippen molar-refractivity contribution < 1.29 is 63.1 Å². The first-order valence-electron chi connectivity index (χ1n) is 23.4. The number of allylic oxidation sites excluding steroid dienone is 7. The molecular weight excluding hydrogens is 815 g/mol. The quantitative estimate of drug-likeness (QED) is 0.0111. The van der Waals surface area contributed by atoms with Gasteiger partial charge in [0.2, 0.25) is 0 Å². The van der Waals surface area contributed by atoms with Gasteiger partial charge in [0.05, 0.1) is 38.1 Å². The molecule has 0 heterocycles. The normalized spacial score (nSPS) is 15.9. The van der Waals surface area contributed by atoms with Crippen molar-refractivity contribution in [3.05, 3.63) is 60.8 Å². The van der Waals surface area contributed by atoms with Gasteiger partial charge in [-0.3, -0.25) is 18.6 Å². The van der Waals surface area contributed by atoms with E-state index < -0.39 is 76.7 Å². The molecular formula is C48H85O13P. The van der Waals surface area contributed by atoms with Crippen molar-refractivity contribution in [1.82, 2.24) is 0 Å². The summed E-state index contributed by atoms with van der Waals surface area (Å²) in [6.07, 6.45) is 34.2. The lowest BCUT2D eigenvalue weighted by Gasteiger charge is -2.20. The third kappa shape index (κ3) is 40.3. The minimum Gasteiger partial charge on any atom is -0.462 e. The van der Waals surface area contributed by atoms with Gasteiger partial charge in [0, 0.05) is 12.8 Å². The average Bonchev–Trinajstić information content (AvgIpc) is 3.24. The molecule has 0 aromatic rings. The lowest BCUT2D eigenvalue weighted by Crippen LogP contribution is -2.30. The number of esters is 2. The summed E-state index contributed by atoms with van der Waals surface area (Å²) in [5.41, 5.74) is 0. The van der Waals surface area contributed by atoms with Crippen LogP contribution in [0.3, 0.4) is 0 Å². The van der Waals surface area contributed by atoms with Gasteiger partial charge < -0.3 is 39.9 Å². The summed E-state index contributed by atoms with van der Waals surface area (Å²) in [4.78, 5) is 35.1. The molecule has 0 radical (unpaired) electrons. The van der Waals surface area contributed by atoms with E-state index in [1.807, 2.05) is 19.1 Å². The fraction of sp³-hybridized carbons (Fsp3) is 0.750. The lowest BCUT2D eigenvalue weighted by atomic mass is 10.0. The maximum absolute atomic E-state index is 12.7. The van der Waals surface area contributed by atoms with E-state index in [-0.39, 0.29) is 25.7 Å². The van der Waals surface area contributed by atoms with Crippen molar-refractivity contribution in [3.63, 3.8) is 0 Å². The molecule has 0 aromatic heterocycles. The molecule has 6 atom stereocenters. The van der Waals surface area contributed by atoms with Gasteiger partial charge in [-0.05, 0) is 38.0 Å². The van der Waals surface area contributed by atoms with Crippen molar-refractivity contribution in [3.8, 4) is 0 Å². The lowest BCUT2D eigenvalue weighted by molar-refractivity contribution is -0.161. The molecule has 0 saturated carbocycles. The first-order valence-corrected chi connectivity index (χ1v) is 24.9. The fourth-order valence-corrected chi connectivity index (χ4v) is 7.02. The SMILES string of the molecule is CC/C=C\C[C@H](O)/C=C/C=C/C=C\C=C/[C@@H](O)[C@H](O)CCCC(=O)O[C@H](COC(=O)CCCCCCCCCCCCCCCCCCC(C)C)COP(=O)(O)OC[C@@H](O)CO. The van der Waals surface area contributed by atoms with Gasteiger partial charge >= 0.3 is 19.8 Å². The highest BCUT2D eigenvalue weighted by molar-refractivity contribution is 7.47. The first-order chi connectivity index (χ1) is 29.8. The Kier molecular flexibility index (Phi) is 39.6. The molecule has 1 unspecified atom stereocenters. The number of unbranched alkanes of at least 4 members (excludes halogenated alkanes) is 15. The van der Waals surface area contributed by atoms with Crippen LogP contribution in [0.5, 0.6) is 0 Å². The number of aliphatic hydroxyl groups excluding tert-OH is 5. The number of carbonyl (C=O) groups excluding carboxylic acids is 2. The summed E-state index contributed by atoms with van der Waals surface area (Å²) >= 11 is 0. The number of phosphoric ester groups is 1. The van der Waals surface area contributed by atoms with Gasteiger partial charge in [-0.15, -0.1) is 0 Å². The van der Waals surface area contributed by atoms with Gasteiger partial charge in [0.1, 0.15) is 12.7 Å². The number of aliphatic hydroxyl groups is 5. The van der Waals surface area contributed by atoms with E-state index >= 15 is 0 Å². The molecule has 0 aliphatic carbocycles. The predicted molar refractivity (Wildman–Crippen MR) is 246 cm³/mol. The number of phosphoric acid groups is 1. The monoisotopic (exact) mass is 901 g/mol. The fourth-order valence-electron chi connectivity index (χ4n) is 6.23. The highest BCUT2D eigenvalue weighted by Gasteiger charge is 2.27. The minimum atomic E-state index is -4.72. The zero-order valence-electron chi connectivity index (χ0n) is 38.3. The molecule has 0 aliphatic heterocycles. The molecule has 0 aromatic carbocycles. The van der Waals surface area contributed by atoms with E-state index in [0.29, 0.717) is 12.8 Å². The van der Waals surface area contributed by atoms with Crippen LogP contribution < -0.4 is 0 Å². The first kappa shape index (κ1) is 59.5. The topological polar surface area (TPSA) is 210 Å². The molecule has 13 nitrogen and oxygen atoms in total. The Balaban J connectivity index is 4.53. The van der Waals surface area contributed by atoms with E-state index in [1.54, 1.807) is 42.5 Å². The van der Waals surface area contributed by atoms with Crippen LogP contribution in [-0.4, -0.2) is 99.3 Å². The van der Waals surface area contributed by atoms with Crippen LogP contribution in [0.25, 0.3) is 0 Å². The van der Waals surface area contributed by atoms with Crippen molar-refractivity contribution >= 4 is 19.8 Å². The van der Waals surface area contributed by atoms with E-state index in [2.05, 4.69) is 18.4 Å². The van der Waals surface area contributed by atoms with Gasteiger partial charge in [-0.1, -0.05) is 184 Å². The van der Waals surface area contributed by atoms with E-state index in [1.165, 1.54) is 89.5 Å². The summed E-state index contributed by atoms with van der Waals surface area (Å²) in [7, 11) is -4.72. The van der Waals surface area contributed by atoms with Gasteiger partial charge in [0.25, 0.3) is 0 Å². The van der Waals surface area contributed by atoms with Crippen molar-refractivity contribution in [2.75, 3.05) is 26.4 Å². The highest BCUT2D eigenvalue weighted by atomic mass is 31.2. The molecule has 0 amide bonds. The van der Waals surface area contributed by atoms with Crippen LogP contribution in [-0.2, 0) is 32.7 Å². The molecule has 0 bridgehead atoms. The zero-order valence-corrected chi connectivity index (χ0v) is 39.2. The standard InChI is InChI=1S/C48H85O13P/c1-4-5-24-31-42(50)32-26-21-18-19-22-27-33-45(52)46(53)34-29-36-48(55)61-44(40-60-62(56,57)59-38-43(51)37-49)39-58-47(54)35-28-23-17-15-13-11-9-7-6-8-10-12-14-16-20-25-30-41(2)3/h5,18-19,21-22,24,26-27,32-33,41-46,49-53H,4,6-17,20,23,25,28-31,34-40H2,1-3H3,(H,56,57)/b21-18+,22-19-,24-5-,32-26+,33-27-/t42-,43-,44+,45+,46+/m0/s1. The molecule has 0 fully saturated rings. The summed E-state index contributed by atoms with van der Waals surface area (Å²) in [6, 6.07) is 0. The second-order valence-electron chi connectivity index (χ2n) is 16.5. The molecule has 0 aliphatic rings. The van der Waals surface area contributed by atoms with Crippen LogP contribution in [0, 0.1) is 5.92 Å². The Bertz CT molecular complexity index is 1280. The molecule has 0 spiro atoms. The van der Waals surface area contributed by atoms with Crippen LogP contribution in [0.1, 0.15) is 168 Å². The number of hydrogen-bond donors (Lipinski definition) is 6. The third-order valence-corrected chi connectivity index (χ3v) is 10.9. The minimum absolute atomic E-state index is 0.0623. The Hall–Kier alpha value is -2.45. The van der Waals surface area contributed by atoms with Crippen LogP contribution in [0.15, 0.2) is 60.8 Å². The summed E-state index contributed by atoms with van der Waals surface area (Å²) < 4.78 is 32.5. The third-order valence-electron chi connectivity index (χ3n) is 9.96. The zero-order chi connectivity index (χ0) is 46.1. The summed E-state index contributed by atoms with van der Waals surface area (Å²) in [5.74, 6) is -0.437. The maximum Gasteiger partial charge on any atom is 0.472 e. The van der Waals surface area contributed by atoms with Gasteiger partial charge in [-0.25, -0.2) is 4.57 Å². The average molecular weight is 901 g/mol. The summed E-state index contributed by atoms with van der Waals surface area (Å²) in [5, 5.41) is 48.8. The largest absolute Gasteiger partial charge is 0.472 e. The molecule has 14 heteroatoms.